The van der Waals surface area contributed by atoms with Crippen molar-refractivity contribution in [2.24, 2.45) is 4.99 Å². The molecule has 1 unspecified atom stereocenters. The molecule has 1 aliphatic heterocycles. The van der Waals surface area contributed by atoms with E-state index in [0.29, 0.717) is 26.9 Å². The van der Waals surface area contributed by atoms with Gasteiger partial charge < -0.3 is 14.0 Å². The zero-order chi connectivity index (χ0) is 26.0. The molecule has 36 heavy (non-hydrogen) atoms. The zero-order valence-electron chi connectivity index (χ0n) is 19.4. The van der Waals surface area contributed by atoms with Gasteiger partial charge in [-0.3, -0.25) is 9.59 Å². The Bertz CT molecular complexity index is 1480. The number of fused-ring (bicyclic) bond motifs is 1. The molecule has 2 aromatic carbocycles. The lowest BCUT2D eigenvalue weighted by Crippen LogP contribution is -2.34. The van der Waals surface area contributed by atoms with Crippen LogP contribution < -0.4 is 4.80 Å². The first-order valence-corrected chi connectivity index (χ1v) is 13.9. The Morgan fingerprint density at radius 1 is 1.25 bits per heavy atom. The number of rotatable bonds is 7. The Morgan fingerprint density at radius 2 is 1.97 bits per heavy atom. The molecule has 4 rings (SSSR count). The molecule has 1 amide bonds. The van der Waals surface area contributed by atoms with Crippen molar-refractivity contribution < 1.29 is 27.5 Å². The lowest BCUT2D eigenvalue weighted by Gasteiger charge is -2.20. The number of thiazole rings is 1. The van der Waals surface area contributed by atoms with Crippen molar-refractivity contribution in [1.29, 1.82) is 0 Å². The number of hydrogen-bond acceptors (Lipinski definition) is 7. The van der Waals surface area contributed by atoms with Crippen molar-refractivity contribution in [3.05, 3.63) is 56.8 Å². The highest BCUT2D eigenvalue weighted by atomic mass is 35.5. The van der Waals surface area contributed by atoms with Gasteiger partial charge in [0.1, 0.15) is 6.54 Å². The van der Waals surface area contributed by atoms with E-state index in [-0.39, 0.29) is 34.5 Å². The summed E-state index contributed by atoms with van der Waals surface area (Å²) in [5.74, 6) is -1.16. The number of methoxy groups -OCH3 is 1. The summed E-state index contributed by atoms with van der Waals surface area (Å²) in [6.07, 6.45) is 1.61. The first-order chi connectivity index (χ1) is 17.1. The summed E-state index contributed by atoms with van der Waals surface area (Å²) in [6, 6.07) is 8.74. The second kappa shape index (κ2) is 11.0. The number of esters is 1. The van der Waals surface area contributed by atoms with Crippen LogP contribution in [0.3, 0.4) is 0 Å². The smallest absolute Gasteiger partial charge is 0.325 e. The summed E-state index contributed by atoms with van der Waals surface area (Å²) in [6.45, 7) is 0.687. The molecule has 192 valence electrons. The molecule has 0 spiro atoms. The largest absolute Gasteiger partial charge is 0.468 e. The molecule has 2 heterocycles. The van der Waals surface area contributed by atoms with Crippen LogP contribution in [0.5, 0.6) is 0 Å². The van der Waals surface area contributed by atoms with Crippen LogP contribution in [0.2, 0.25) is 10.0 Å². The van der Waals surface area contributed by atoms with Crippen molar-refractivity contribution >= 4 is 66.7 Å². The Labute approximate surface area is 221 Å². The van der Waals surface area contributed by atoms with E-state index in [1.807, 2.05) is 0 Å². The van der Waals surface area contributed by atoms with E-state index in [0.717, 1.165) is 24.2 Å². The summed E-state index contributed by atoms with van der Waals surface area (Å²) in [7, 11) is -0.986. The summed E-state index contributed by atoms with van der Waals surface area (Å²) in [4.78, 5) is 29.4. The lowest BCUT2D eigenvalue weighted by molar-refractivity contribution is -0.141. The van der Waals surface area contributed by atoms with Gasteiger partial charge in [0.25, 0.3) is 5.91 Å². The Morgan fingerprint density at radius 3 is 2.61 bits per heavy atom. The zero-order valence-corrected chi connectivity index (χ0v) is 22.6. The van der Waals surface area contributed by atoms with Crippen molar-refractivity contribution in [1.82, 2.24) is 8.87 Å². The van der Waals surface area contributed by atoms with E-state index in [1.165, 1.54) is 53.4 Å². The van der Waals surface area contributed by atoms with Crippen LogP contribution in [0, 0.1) is 0 Å². The van der Waals surface area contributed by atoms with E-state index in [4.69, 9.17) is 32.7 Å². The molecule has 0 aliphatic carbocycles. The first kappa shape index (κ1) is 26.8. The average molecular weight is 572 g/mol. The maximum Gasteiger partial charge on any atom is 0.325 e. The number of benzene rings is 2. The van der Waals surface area contributed by atoms with Crippen LogP contribution in [0.15, 0.2) is 46.3 Å². The normalized spacial score (nSPS) is 16.7. The van der Waals surface area contributed by atoms with Gasteiger partial charge in [0.15, 0.2) is 4.80 Å². The number of nitrogens with zero attached hydrogens (tertiary/aromatic N) is 3. The molecular formula is C23H23Cl2N3O6S2. The second-order valence-electron chi connectivity index (χ2n) is 8.14. The third-order valence-corrected chi connectivity index (χ3v) is 9.07. The van der Waals surface area contributed by atoms with Crippen molar-refractivity contribution in [3.8, 4) is 0 Å². The molecule has 1 atom stereocenters. The van der Waals surface area contributed by atoms with E-state index >= 15 is 0 Å². The molecule has 1 aromatic heterocycles. The monoisotopic (exact) mass is 571 g/mol. The highest BCUT2D eigenvalue weighted by Crippen LogP contribution is 2.30. The van der Waals surface area contributed by atoms with E-state index in [2.05, 4.69) is 4.99 Å². The summed E-state index contributed by atoms with van der Waals surface area (Å²) < 4.78 is 39.5. The Kier molecular flexibility index (Phi) is 8.18. The summed E-state index contributed by atoms with van der Waals surface area (Å²) in [5.41, 5.74) is 0.681. The standard InChI is InChI=1S/C23H23Cl2N3O6S2/c1-27(12-16-4-3-9-34-16)36(31,32)17-7-5-14(6-8-17)22(30)26-23-28(13-20(29)33-2)21-18(25)10-15(24)11-19(21)35-23/h5-8,10-11,16H,3-4,9,12-13H2,1-2H3. The van der Waals surface area contributed by atoms with Crippen molar-refractivity contribution in [2.75, 3.05) is 27.3 Å². The number of carbonyl (C=O) groups is 2. The minimum Gasteiger partial charge on any atom is -0.468 e. The van der Waals surface area contributed by atoms with Gasteiger partial charge in [-0.2, -0.15) is 9.30 Å². The number of hydrogen-bond donors (Lipinski definition) is 0. The topological polar surface area (TPSA) is 107 Å². The molecule has 13 heteroatoms. The predicted molar refractivity (Wildman–Crippen MR) is 137 cm³/mol. The fraction of sp³-hybridized carbons (Fsp3) is 0.348. The molecule has 0 bridgehead atoms. The second-order valence-corrected chi connectivity index (χ2v) is 12.0. The molecule has 1 fully saturated rings. The van der Waals surface area contributed by atoms with Crippen LogP contribution in [-0.4, -0.2) is 62.6 Å². The summed E-state index contributed by atoms with van der Waals surface area (Å²) >= 11 is 13.6. The number of amides is 1. The number of ether oxygens (including phenoxy) is 2. The average Bonchev–Trinajstić information content (AvgIpc) is 3.46. The third kappa shape index (κ3) is 5.66. The number of halogens is 2. The minimum absolute atomic E-state index is 0.0589. The summed E-state index contributed by atoms with van der Waals surface area (Å²) in [5, 5.41) is 0.700. The van der Waals surface area contributed by atoms with Gasteiger partial charge in [-0.05, 0) is 49.2 Å². The van der Waals surface area contributed by atoms with Gasteiger partial charge in [0.2, 0.25) is 10.0 Å². The molecule has 1 saturated heterocycles. The minimum atomic E-state index is -3.75. The van der Waals surface area contributed by atoms with Gasteiger partial charge in [-0.25, -0.2) is 8.42 Å². The number of carbonyl (C=O) groups excluding carboxylic acids is 2. The van der Waals surface area contributed by atoms with Gasteiger partial charge in [0, 0.05) is 30.8 Å². The van der Waals surface area contributed by atoms with Crippen molar-refractivity contribution in [3.63, 3.8) is 0 Å². The fourth-order valence-electron chi connectivity index (χ4n) is 3.83. The third-order valence-electron chi connectivity index (χ3n) is 5.70. The molecule has 0 saturated carbocycles. The first-order valence-electron chi connectivity index (χ1n) is 10.9. The highest BCUT2D eigenvalue weighted by Gasteiger charge is 2.26. The molecule has 3 aromatic rings. The van der Waals surface area contributed by atoms with Crippen LogP contribution in [0.4, 0.5) is 0 Å². The number of likely N-dealkylation sites (N-methyl/N-ethyl adjacent to an activating group) is 1. The van der Waals surface area contributed by atoms with Crippen LogP contribution >= 0.6 is 34.5 Å². The molecule has 9 nitrogen and oxygen atoms in total. The predicted octanol–water partition coefficient (Wildman–Crippen LogP) is 3.72. The Balaban J connectivity index is 1.64. The lowest BCUT2D eigenvalue weighted by atomic mass is 10.2. The van der Waals surface area contributed by atoms with Gasteiger partial charge in [-0.1, -0.05) is 34.5 Å². The fourth-order valence-corrected chi connectivity index (χ4v) is 6.84. The Hall–Kier alpha value is -2.28. The van der Waals surface area contributed by atoms with E-state index in [1.54, 1.807) is 6.07 Å². The molecular weight excluding hydrogens is 549 g/mol. The van der Waals surface area contributed by atoms with Gasteiger partial charge in [0.05, 0.1) is 33.3 Å². The maximum atomic E-state index is 13.0. The maximum absolute atomic E-state index is 13.0. The number of sulfonamides is 1. The van der Waals surface area contributed by atoms with Crippen molar-refractivity contribution in [2.45, 2.75) is 30.4 Å². The molecule has 0 N–H and O–H groups in total. The van der Waals surface area contributed by atoms with Gasteiger partial charge in [-0.15, -0.1) is 0 Å². The number of aromatic nitrogens is 1. The quantitative estimate of drug-likeness (QED) is 0.400. The highest BCUT2D eigenvalue weighted by molar-refractivity contribution is 7.89. The van der Waals surface area contributed by atoms with E-state index in [9.17, 15) is 18.0 Å². The van der Waals surface area contributed by atoms with Gasteiger partial charge >= 0.3 is 5.97 Å². The SMILES string of the molecule is COC(=O)Cn1c(=NC(=O)c2ccc(S(=O)(=O)N(C)CC3CCCO3)cc2)sc2cc(Cl)cc(Cl)c21. The molecule has 1 aliphatic rings. The molecule has 0 radical (unpaired) electrons. The van der Waals surface area contributed by atoms with Crippen LogP contribution in [0.25, 0.3) is 10.2 Å². The van der Waals surface area contributed by atoms with Crippen LogP contribution in [-0.2, 0) is 30.8 Å². The van der Waals surface area contributed by atoms with Crippen LogP contribution in [0.1, 0.15) is 23.2 Å². The van der Waals surface area contributed by atoms with E-state index < -0.39 is 21.9 Å².